The Morgan fingerprint density at radius 3 is 2.11 bits per heavy atom. The van der Waals surface area contributed by atoms with Crippen LogP contribution < -0.4 is 4.74 Å². The van der Waals surface area contributed by atoms with E-state index in [0.717, 1.165) is 24.2 Å². The van der Waals surface area contributed by atoms with Gasteiger partial charge in [0.1, 0.15) is 6.10 Å². The van der Waals surface area contributed by atoms with Crippen LogP contribution in [0.1, 0.15) is 63.9 Å². The van der Waals surface area contributed by atoms with E-state index < -0.39 is 59.1 Å². The van der Waals surface area contributed by atoms with Crippen LogP contribution in [0.25, 0.3) is 0 Å². The van der Waals surface area contributed by atoms with Crippen LogP contribution in [0.2, 0.25) is 10.0 Å². The molecule has 2 aromatic rings. The molecule has 1 spiro atoms. The van der Waals surface area contributed by atoms with Gasteiger partial charge in [0.05, 0.1) is 38.2 Å². The van der Waals surface area contributed by atoms with E-state index in [9.17, 15) is 29.4 Å². The third-order valence-corrected chi connectivity index (χ3v) is 11.5. The Labute approximate surface area is 277 Å². The van der Waals surface area contributed by atoms with E-state index in [4.69, 9.17) is 48.4 Å². The number of carbonyl (C=O) groups excluding carboxylic acids is 2. The number of phenolic OH excluding ortho intramolecular Hbond substituents is 1. The topological polar surface area (TPSA) is 205 Å². The van der Waals surface area contributed by atoms with Crippen LogP contribution in [0, 0.1) is 5.92 Å². The van der Waals surface area contributed by atoms with Crippen molar-refractivity contribution in [2.45, 2.75) is 79.9 Å². The maximum atomic E-state index is 13.6. The molecule has 15 heteroatoms. The van der Waals surface area contributed by atoms with Crippen molar-refractivity contribution in [3.05, 3.63) is 56.6 Å². The first-order chi connectivity index (χ1) is 22.2. The summed E-state index contributed by atoms with van der Waals surface area (Å²) in [6.07, 6.45) is -0.537. The largest absolute Gasteiger partial charge is 0.504 e. The number of hydrogen-bond acceptors (Lipinski definition) is 10. The zero-order valence-corrected chi connectivity index (χ0v) is 26.3. The number of halogens is 2. The Bertz CT molecular complexity index is 1670. The summed E-state index contributed by atoms with van der Waals surface area (Å²) in [6, 6.07) is 5.85. The number of piperidine rings is 1. The highest BCUT2D eigenvalue weighted by Crippen LogP contribution is 2.66. The number of carboxylic acid groups (broad SMARTS) is 2. The fraction of sp³-hybridized carbons (Fsp3) is 0.500. The maximum Gasteiger partial charge on any atom is 0.335 e. The molecule has 3 heterocycles. The number of rotatable bonds is 6. The number of hydrogen-bond donors (Lipinski definition) is 6. The molecular formula is C32H32Cl2N2O11. The number of benzene rings is 2. The van der Waals surface area contributed by atoms with Gasteiger partial charge < -0.3 is 35.4 Å². The number of aliphatic hydroxyl groups is 3. The number of aliphatic hydroxyl groups excluding tert-OH is 2. The number of carbonyl (C=O) groups is 4. The fourth-order valence-electron chi connectivity index (χ4n) is 8.54. The van der Waals surface area contributed by atoms with Crippen LogP contribution in [0.15, 0.2) is 24.3 Å². The predicted octanol–water partition coefficient (Wildman–Crippen LogP) is 1.81. The van der Waals surface area contributed by atoms with Crippen LogP contribution in [0.4, 0.5) is 0 Å². The molecule has 2 saturated carbocycles. The van der Waals surface area contributed by atoms with Crippen molar-refractivity contribution >= 4 is 47.0 Å². The number of fused-ring (bicyclic) bond motifs is 1. The minimum atomic E-state index is -2.27. The van der Waals surface area contributed by atoms with E-state index in [2.05, 4.69) is 4.90 Å². The standard InChI is InChI=1S/C28H26Cl2N2O5.C4H6O6/c29-17-10-15-16(11-18(17)30)26(35)32(25(15)34)19-5-6-28(36)21-9-14-3-4-20(33)23-22(14)27(28,24(19)37-23)7-8-31(21)12-13-1-2-13;5-1(3(7)8)2(6)4(9)10/h3-4,10-11,13,19,21,24,33,36H,1-2,5-9,12H2;1-2,5-6H,(H,7,8)(H,9,10)/t19-,21-,24-,27+,28-;/m1./s1. The van der Waals surface area contributed by atoms with E-state index in [1.807, 2.05) is 6.07 Å². The number of aliphatic carboxylic acids is 2. The Morgan fingerprint density at radius 2 is 1.55 bits per heavy atom. The molecule has 0 aromatic heterocycles. The molecule has 47 heavy (non-hydrogen) atoms. The Hall–Kier alpha value is -3.46. The van der Waals surface area contributed by atoms with Gasteiger partial charge in [0.15, 0.2) is 23.7 Å². The molecule has 6 N–H and O–H groups in total. The molecule has 8 rings (SSSR count). The van der Waals surface area contributed by atoms with Crippen molar-refractivity contribution in [3.8, 4) is 11.5 Å². The van der Waals surface area contributed by atoms with Crippen molar-refractivity contribution in [1.82, 2.24) is 9.80 Å². The number of amides is 2. The van der Waals surface area contributed by atoms with Gasteiger partial charge in [0.25, 0.3) is 11.8 Å². The van der Waals surface area contributed by atoms with E-state index in [0.29, 0.717) is 37.4 Å². The second-order valence-corrected chi connectivity index (χ2v) is 14.1. The van der Waals surface area contributed by atoms with Crippen LogP contribution >= 0.6 is 23.2 Å². The first kappa shape index (κ1) is 32.1. The van der Waals surface area contributed by atoms with Gasteiger partial charge in [0, 0.05) is 18.2 Å². The molecule has 7 atom stereocenters. The van der Waals surface area contributed by atoms with E-state index in [1.165, 1.54) is 29.9 Å². The normalized spacial score (nSPS) is 31.3. The van der Waals surface area contributed by atoms with E-state index in [-0.39, 0.29) is 33.0 Å². The molecular weight excluding hydrogens is 659 g/mol. The molecule has 13 nitrogen and oxygen atoms in total. The van der Waals surface area contributed by atoms with Gasteiger partial charge in [-0.3, -0.25) is 19.4 Å². The van der Waals surface area contributed by atoms with Gasteiger partial charge in [-0.05, 0) is 74.8 Å². The summed E-state index contributed by atoms with van der Waals surface area (Å²) in [5, 5.41) is 56.4. The minimum Gasteiger partial charge on any atom is -0.504 e. The Morgan fingerprint density at radius 1 is 0.957 bits per heavy atom. The lowest BCUT2D eigenvalue weighted by molar-refractivity contribution is -0.196. The van der Waals surface area contributed by atoms with Crippen molar-refractivity contribution in [2.75, 3.05) is 13.1 Å². The first-order valence-electron chi connectivity index (χ1n) is 15.4. The SMILES string of the molecule is O=C(O)C(O)C(O)C(=O)O.O=C1c2cc(Cl)c(Cl)cc2C(=O)N1[C@@H]1CC[C@@]2(O)[C@H]3Cc4ccc(O)c5c4[C@@]2(CCN3CC2CC2)[C@@H]1O5. The highest BCUT2D eigenvalue weighted by Gasteiger charge is 2.74. The molecule has 250 valence electrons. The summed E-state index contributed by atoms with van der Waals surface area (Å²) in [7, 11) is 0. The lowest BCUT2D eigenvalue weighted by Crippen LogP contribution is -2.78. The highest BCUT2D eigenvalue weighted by molar-refractivity contribution is 6.43. The average Bonchev–Trinajstić information content (AvgIpc) is 3.73. The van der Waals surface area contributed by atoms with Gasteiger partial charge in [-0.25, -0.2) is 9.59 Å². The van der Waals surface area contributed by atoms with Crippen LogP contribution in [0.3, 0.4) is 0 Å². The molecule has 3 aliphatic heterocycles. The van der Waals surface area contributed by atoms with Crippen LogP contribution in [0.5, 0.6) is 11.5 Å². The zero-order valence-electron chi connectivity index (χ0n) is 24.8. The molecule has 2 bridgehead atoms. The Balaban J connectivity index is 0.000000308. The average molecular weight is 692 g/mol. The van der Waals surface area contributed by atoms with Crippen molar-refractivity contribution in [3.63, 3.8) is 0 Å². The summed E-state index contributed by atoms with van der Waals surface area (Å²) in [6.45, 7) is 1.79. The molecule has 6 aliphatic rings. The lowest BCUT2D eigenvalue weighted by atomic mass is 9.48. The number of likely N-dealkylation sites (tertiary alicyclic amines) is 1. The smallest absolute Gasteiger partial charge is 0.335 e. The van der Waals surface area contributed by atoms with Crippen molar-refractivity contribution in [2.24, 2.45) is 5.92 Å². The van der Waals surface area contributed by atoms with Crippen LogP contribution in [-0.4, -0.2) is 113 Å². The Kier molecular flexibility index (Phi) is 7.54. The summed E-state index contributed by atoms with van der Waals surface area (Å²) < 4.78 is 6.54. The van der Waals surface area contributed by atoms with Gasteiger partial charge in [-0.15, -0.1) is 0 Å². The van der Waals surface area contributed by atoms with Gasteiger partial charge in [0.2, 0.25) is 0 Å². The monoisotopic (exact) mass is 690 g/mol. The fourth-order valence-corrected chi connectivity index (χ4v) is 8.87. The molecule has 3 fully saturated rings. The van der Waals surface area contributed by atoms with Crippen molar-refractivity contribution < 1.29 is 54.6 Å². The third-order valence-electron chi connectivity index (χ3n) is 10.8. The van der Waals surface area contributed by atoms with Gasteiger partial charge in [-0.1, -0.05) is 29.3 Å². The number of imide groups is 1. The number of phenols is 1. The van der Waals surface area contributed by atoms with E-state index >= 15 is 0 Å². The van der Waals surface area contributed by atoms with Gasteiger partial charge >= 0.3 is 11.9 Å². The molecule has 3 aliphatic carbocycles. The number of ether oxygens (including phenoxy) is 1. The maximum absolute atomic E-state index is 13.6. The van der Waals surface area contributed by atoms with E-state index in [1.54, 1.807) is 6.07 Å². The van der Waals surface area contributed by atoms with Crippen LogP contribution in [-0.2, 0) is 21.4 Å². The molecule has 2 amide bonds. The summed E-state index contributed by atoms with van der Waals surface area (Å²) in [5.74, 6) is -3.27. The quantitative estimate of drug-likeness (QED) is 0.240. The minimum absolute atomic E-state index is 0.0309. The van der Waals surface area contributed by atoms with Crippen molar-refractivity contribution in [1.29, 1.82) is 0 Å². The molecule has 2 unspecified atom stereocenters. The second kappa shape index (κ2) is 11.0. The summed E-state index contributed by atoms with van der Waals surface area (Å²) in [5.41, 5.74) is 0.517. The molecule has 1 saturated heterocycles. The number of aromatic hydroxyl groups is 1. The number of carboxylic acids is 2. The third kappa shape index (κ3) is 4.58. The predicted molar refractivity (Wildman–Crippen MR) is 163 cm³/mol. The van der Waals surface area contributed by atoms with Gasteiger partial charge in [-0.2, -0.15) is 0 Å². The lowest BCUT2D eigenvalue weighted by Gasteiger charge is -2.64. The number of nitrogens with zero attached hydrogens (tertiary/aromatic N) is 2. The molecule has 0 radical (unpaired) electrons. The second-order valence-electron chi connectivity index (χ2n) is 13.3. The zero-order chi connectivity index (χ0) is 33.7. The highest BCUT2D eigenvalue weighted by atomic mass is 35.5. The summed E-state index contributed by atoms with van der Waals surface area (Å²) >= 11 is 12.4. The molecule has 2 aromatic carbocycles. The first-order valence-corrected chi connectivity index (χ1v) is 16.1. The summed E-state index contributed by atoms with van der Waals surface area (Å²) in [4.78, 5) is 50.5.